The smallest absolute Gasteiger partial charge is 0.160 e. The zero-order chi connectivity index (χ0) is 9.41. The molecule has 0 spiro atoms. The third kappa shape index (κ3) is 1.67. The molecule has 0 aromatic rings. The molecule has 3 nitrogen and oxygen atoms in total. The second-order valence-electron chi connectivity index (χ2n) is 4.54. The largest absolute Gasteiger partial charge is 0.379 e. The van der Waals surface area contributed by atoms with Crippen molar-refractivity contribution in [1.29, 1.82) is 0 Å². The summed E-state index contributed by atoms with van der Waals surface area (Å²) in [6.45, 7) is 6.66. The van der Waals surface area contributed by atoms with Crippen molar-refractivity contribution in [2.75, 3.05) is 13.2 Å². The molecular formula is C9H17NO2. The standard InChI is InChI=1S/C9H17NO2/c1-8(2,3)7(11)9(10)4-5-12-6-9/h4-6,10H2,1-3H3. The van der Waals surface area contributed by atoms with Crippen molar-refractivity contribution < 1.29 is 9.53 Å². The van der Waals surface area contributed by atoms with Gasteiger partial charge in [0.25, 0.3) is 0 Å². The van der Waals surface area contributed by atoms with Crippen LogP contribution in [0.2, 0.25) is 0 Å². The second kappa shape index (κ2) is 2.82. The van der Waals surface area contributed by atoms with E-state index in [-0.39, 0.29) is 11.2 Å². The first-order valence-corrected chi connectivity index (χ1v) is 4.28. The van der Waals surface area contributed by atoms with Gasteiger partial charge in [0.15, 0.2) is 5.78 Å². The lowest BCUT2D eigenvalue weighted by molar-refractivity contribution is -0.131. The molecule has 1 rings (SSSR count). The van der Waals surface area contributed by atoms with Gasteiger partial charge in [-0.3, -0.25) is 4.79 Å². The summed E-state index contributed by atoms with van der Waals surface area (Å²) in [4.78, 5) is 11.8. The van der Waals surface area contributed by atoms with E-state index in [0.717, 1.165) is 0 Å². The van der Waals surface area contributed by atoms with Crippen molar-refractivity contribution in [3.63, 3.8) is 0 Å². The SMILES string of the molecule is CC(C)(C)C(=O)C1(N)CCOC1. The summed E-state index contributed by atoms with van der Waals surface area (Å²) in [5, 5.41) is 0. The molecule has 0 aromatic heterocycles. The average molecular weight is 171 g/mol. The highest BCUT2D eigenvalue weighted by atomic mass is 16.5. The average Bonchev–Trinajstić information content (AvgIpc) is 2.34. The summed E-state index contributed by atoms with van der Waals surface area (Å²) in [7, 11) is 0. The van der Waals surface area contributed by atoms with Crippen LogP contribution in [-0.4, -0.2) is 24.5 Å². The molecule has 12 heavy (non-hydrogen) atoms. The fourth-order valence-corrected chi connectivity index (χ4v) is 1.51. The van der Waals surface area contributed by atoms with Crippen LogP contribution >= 0.6 is 0 Å². The van der Waals surface area contributed by atoms with Crippen molar-refractivity contribution >= 4 is 5.78 Å². The molecule has 0 aromatic carbocycles. The van der Waals surface area contributed by atoms with E-state index in [1.165, 1.54) is 0 Å². The van der Waals surface area contributed by atoms with Crippen LogP contribution in [0.5, 0.6) is 0 Å². The number of carbonyl (C=O) groups excluding carboxylic acids is 1. The fourth-order valence-electron chi connectivity index (χ4n) is 1.51. The number of carbonyl (C=O) groups is 1. The van der Waals surface area contributed by atoms with Crippen LogP contribution < -0.4 is 5.73 Å². The quantitative estimate of drug-likeness (QED) is 0.632. The molecule has 70 valence electrons. The highest BCUT2D eigenvalue weighted by molar-refractivity contribution is 5.92. The first-order chi connectivity index (χ1) is 5.36. The number of hydrogen-bond acceptors (Lipinski definition) is 3. The highest BCUT2D eigenvalue weighted by Gasteiger charge is 2.43. The number of ether oxygens (including phenoxy) is 1. The minimum absolute atomic E-state index is 0.104. The van der Waals surface area contributed by atoms with Crippen molar-refractivity contribution in [2.45, 2.75) is 32.7 Å². The molecule has 1 saturated heterocycles. The Bertz CT molecular complexity index is 187. The predicted molar refractivity (Wildman–Crippen MR) is 46.8 cm³/mol. The Morgan fingerprint density at radius 3 is 2.42 bits per heavy atom. The van der Waals surface area contributed by atoms with Crippen LogP contribution in [0.3, 0.4) is 0 Å². The molecule has 0 aliphatic carbocycles. The first kappa shape index (κ1) is 9.68. The van der Waals surface area contributed by atoms with Gasteiger partial charge in [0.05, 0.1) is 6.61 Å². The molecule has 1 heterocycles. The van der Waals surface area contributed by atoms with Crippen molar-refractivity contribution in [1.82, 2.24) is 0 Å². The summed E-state index contributed by atoms with van der Waals surface area (Å²) in [6, 6.07) is 0. The topological polar surface area (TPSA) is 52.3 Å². The van der Waals surface area contributed by atoms with Gasteiger partial charge in [-0.25, -0.2) is 0 Å². The number of ketones is 1. The Balaban J connectivity index is 2.75. The van der Waals surface area contributed by atoms with Gasteiger partial charge in [0, 0.05) is 12.0 Å². The zero-order valence-electron chi connectivity index (χ0n) is 8.02. The maximum Gasteiger partial charge on any atom is 0.160 e. The van der Waals surface area contributed by atoms with Crippen LogP contribution in [0.25, 0.3) is 0 Å². The molecule has 3 heteroatoms. The van der Waals surface area contributed by atoms with Crippen LogP contribution in [0.15, 0.2) is 0 Å². The van der Waals surface area contributed by atoms with Gasteiger partial charge in [-0.2, -0.15) is 0 Å². The van der Waals surface area contributed by atoms with E-state index in [4.69, 9.17) is 10.5 Å². The molecule has 1 unspecified atom stereocenters. The zero-order valence-corrected chi connectivity index (χ0v) is 8.02. The van der Waals surface area contributed by atoms with Crippen LogP contribution in [0, 0.1) is 5.41 Å². The predicted octanol–water partition coefficient (Wildman–Crippen LogP) is 0.719. The van der Waals surface area contributed by atoms with Crippen molar-refractivity contribution in [2.24, 2.45) is 11.1 Å². The molecule has 0 amide bonds. The van der Waals surface area contributed by atoms with Gasteiger partial charge in [0.2, 0.25) is 0 Å². The van der Waals surface area contributed by atoms with Crippen LogP contribution in [0.4, 0.5) is 0 Å². The van der Waals surface area contributed by atoms with Gasteiger partial charge in [-0.05, 0) is 6.42 Å². The molecule has 1 fully saturated rings. The Labute approximate surface area is 73.3 Å². The summed E-state index contributed by atoms with van der Waals surface area (Å²) in [6.07, 6.45) is 0.656. The van der Waals surface area contributed by atoms with E-state index in [0.29, 0.717) is 19.6 Å². The minimum atomic E-state index is -0.724. The van der Waals surface area contributed by atoms with E-state index < -0.39 is 5.54 Å². The third-order valence-corrected chi connectivity index (χ3v) is 2.19. The Kier molecular flexibility index (Phi) is 2.27. The number of Topliss-reactive ketones (excluding diaryl/α,β-unsaturated/α-hetero) is 1. The second-order valence-corrected chi connectivity index (χ2v) is 4.54. The lowest BCUT2D eigenvalue weighted by atomic mass is 9.78. The van der Waals surface area contributed by atoms with E-state index in [2.05, 4.69) is 0 Å². The monoisotopic (exact) mass is 171 g/mol. The molecule has 1 atom stereocenters. The van der Waals surface area contributed by atoms with Crippen LogP contribution in [-0.2, 0) is 9.53 Å². The van der Waals surface area contributed by atoms with Gasteiger partial charge in [-0.1, -0.05) is 20.8 Å². The third-order valence-electron chi connectivity index (χ3n) is 2.19. The normalized spacial score (nSPS) is 30.7. The van der Waals surface area contributed by atoms with Gasteiger partial charge in [0.1, 0.15) is 5.54 Å². The van der Waals surface area contributed by atoms with E-state index >= 15 is 0 Å². The molecule has 1 aliphatic heterocycles. The summed E-state index contributed by atoms with van der Waals surface area (Å²) in [5.74, 6) is 0.104. The first-order valence-electron chi connectivity index (χ1n) is 4.28. The number of nitrogens with two attached hydrogens (primary N) is 1. The van der Waals surface area contributed by atoms with Gasteiger partial charge < -0.3 is 10.5 Å². The van der Waals surface area contributed by atoms with Gasteiger partial charge >= 0.3 is 0 Å². The van der Waals surface area contributed by atoms with E-state index in [1.807, 2.05) is 20.8 Å². The van der Waals surface area contributed by atoms with Crippen LogP contribution in [0.1, 0.15) is 27.2 Å². The summed E-state index contributed by atoms with van der Waals surface area (Å²) in [5.41, 5.74) is 4.83. The number of hydrogen-bond donors (Lipinski definition) is 1. The molecular weight excluding hydrogens is 154 g/mol. The molecule has 0 radical (unpaired) electrons. The summed E-state index contributed by atoms with van der Waals surface area (Å²) < 4.78 is 5.13. The lowest BCUT2D eigenvalue weighted by Gasteiger charge is -2.28. The van der Waals surface area contributed by atoms with Gasteiger partial charge in [-0.15, -0.1) is 0 Å². The minimum Gasteiger partial charge on any atom is -0.379 e. The van der Waals surface area contributed by atoms with E-state index in [9.17, 15) is 4.79 Å². The molecule has 0 saturated carbocycles. The van der Waals surface area contributed by atoms with Crippen molar-refractivity contribution in [3.8, 4) is 0 Å². The maximum absolute atomic E-state index is 11.8. The number of rotatable bonds is 1. The summed E-state index contributed by atoms with van der Waals surface area (Å²) >= 11 is 0. The fraction of sp³-hybridized carbons (Fsp3) is 0.889. The molecule has 1 aliphatic rings. The van der Waals surface area contributed by atoms with Crippen molar-refractivity contribution in [3.05, 3.63) is 0 Å². The highest BCUT2D eigenvalue weighted by Crippen LogP contribution is 2.27. The Hall–Kier alpha value is -0.410. The maximum atomic E-state index is 11.8. The molecule has 2 N–H and O–H groups in total. The van der Waals surface area contributed by atoms with E-state index in [1.54, 1.807) is 0 Å². The lowest BCUT2D eigenvalue weighted by Crippen LogP contribution is -2.53. The Morgan fingerprint density at radius 1 is 1.50 bits per heavy atom. The molecule has 0 bridgehead atoms. The Morgan fingerprint density at radius 2 is 2.08 bits per heavy atom.